The SMILES string of the molecule is O=C(c1ccc(F)cc1)c1ccc(-c2ccccc2)s1. The number of hydrogen-bond donors (Lipinski definition) is 0. The van der Waals surface area contributed by atoms with Crippen molar-refractivity contribution in [1.29, 1.82) is 0 Å². The average molecular weight is 282 g/mol. The molecule has 2 aromatic carbocycles. The molecule has 20 heavy (non-hydrogen) atoms. The fourth-order valence-electron chi connectivity index (χ4n) is 1.96. The minimum Gasteiger partial charge on any atom is -0.288 e. The number of carbonyl (C=O) groups excluding carboxylic acids is 1. The van der Waals surface area contributed by atoms with E-state index in [2.05, 4.69) is 0 Å². The summed E-state index contributed by atoms with van der Waals surface area (Å²) in [7, 11) is 0. The Kier molecular flexibility index (Phi) is 3.44. The summed E-state index contributed by atoms with van der Waals surface area (Å²) in [5, 5.41) is 0. The van der Waals surface area contributed by atoms with Gasteiger partial charge in [0.1, 0.15) is 5.82 Å². The third-order valence-electron chi connectivity index (χ3n) is 2.99. The Bertz CT molecular complexity index is 729. The molecule has 98 valence electrons. The molecule has 0 spiro atoms. The first-order chi connectivity index (χ1) is 9.74. The predicted octanol–water partition coefficient (Wildman–Crippen LogP) is 4.79. The van der Waals surface area contributed by atoms with E-state index in [0.717, 1.165) is 10.4 Å². The minimum absolute atomic E-state index is 0.0721. The van der Waals surface area contributed by atoms with Crippen molar-refractivity contribution < 1.29 is 9.18 Å². The van der Waals surface area contributed by atoms with E-state index < -0.39 is 0 Å². The van der Waals surface area contributed by atoms with E-state index in [9.17, 15) is 9.18 Å². The maximum absolute atomic E-state index is 12.9. The maximum Gasteiger partial charge on any atom is 0.202 e. The number of halogens is 1. The van der Waals surface area contributed by atoms with Gasteiger partial charge in [-0.15, -0.1) is 11.3 Å². The van der Waals surface area contributed by atoms with Crippen LogP contribution >= 0.6 is 11.3 Å². The van der Waals surface area contributed by atoms with Crippen LogP contribution in [0.3, 0.4) is 0 Å². The molecule has 0 atom stereocenters. The van der Waals surface area contributed by atoms with Crippen molar-refractivity contribution in [2.75, 3.05) is 0 Å². The van der Waals surface area contributed by atoms with Crippen LogP contribution in [-0.4, -0.2) is 5.78 Å². The first-order valence-electron chi connectivity index (χ1n) is 6.19. The summed E-state index contributed by atoms with van der Waals surface area (Å²) in [5.41, 5.74) is 1.60. The van der Waals surface area contributed by atoms with Crippen LogP contribution in [0.5, 0.6) is 0 Å². The predicted molar refractivity (Wildman–Crippen MR) is 79.6 cm³/mol. The molecule has 0 N–H and O–H groups in total. The summed E-state index contributed by atoms with van der Waals surface area (Å²) in [6, 6.07) is 19.3. The van der Waals surface area contributed by atoms with Gasteiger partial charge in [-0.3, -0.25) is 4.79 Å². The van der Waals surface area contributed by atoms with Gasteiger partial charge in [-0.25, -0.2) is 4.39 Å². The van der Waals surface area contributed by atoms with E-state index in [4.69, 9.17) is 0 Å². The summed E-state index contributed by atoms with van der Waals surface area (Å²) in [4.78, 5) is 14.0. The number of hydrogen-bond acceptors (Lipinski definition) is 2. The smallest absolute Gasteiger partial charge is 0.202 e. The van der Waals surface area contributed by atoms with Crippen molar-refractivity contribution in [2.45, 2.75) is 0 Å². The van der Waals surface area contributed by atoms with Gasteiger partial charge in [0, 0.05) is 10.4 Å². The highest BCUT2D eigenvalue weighted by atomic mass is 32.1. The Morgan fingerprint density at radius 2 is 1.55 bits per heavy atom. The van der Waals surface area contributed by atoms with Gasteiger partial charge in [0.15, 0.2) is 0 Å². The number of ketones is 1. The topological polar surface area (TPSA) is 17.1 Å². The Morgan fingerprint density at radius 3 is 2.25 bits per heavy atom. The van der Waals surface area contributed by atoms with Gasteiger partial charge in [0.2, 0.25) is 5.78 Å². The molecular formula is C17H11FOS. The van der Waals surface area contributed by atoms with Gasteiger partial charge in [-0.1, -0.05) is 30.3 Å². The van der Waals surface area contributed by atoms with Crippen LogP contribution in [0.4, 0.5) is 4.39 Å². The fourth-order valence-corrected chi connectivity index (χ4v) is 2.93. The van der Waals surface area contributed by atoms with Crippen molar-refractivity contribution >= 4 is 17.1 Å². The van der Waals surface area contributed by atoms with Crippen molar-refractivity contribution in [1.82, 2.24) is 0 Å². The van der Waals surface area contributed by atoms with E-state index in [-0.39, 0.29) is 11.6 Å². The molecule has 0 saturated heterocycles. The lowest BCUT2D eigenvalue weighted by molar-refractivity contribution is 0.104. The Balaban J connectivity index is 1.90. The molecule has 0 radical (unpaired) electrons. The van der Waals surface area contributed by atoms with Crippen LogP contribution in [-0.2, 0) is 0 Å². The van der Waals surface area contributed by atoms with Crippen molar-refractivity contribution in [3.8, 4) is 10.4 Å². The van der Waals surface area contributed by atoms with E-state index in [1.54, 1.807) is 0 Å². The third-order valence-corrected chi connectivity index (χ3v) is 4.13. The van der Waals surface area contributed by atoms with E-state index >= 15 is 0 Å². The molecule has 0 unspecified atom stereocenters. The molecule has 0 bridgehead atoms. The highest BCUT2D eigenvalue weighted by Gasteiger charge is 2.12. The van der Waals surface area contributed by atoms with Gasteiger partial charge in [0.05, 0.1) is 4.88 Å². The van der Waals surface area contributed by atoms with Gasteiger partial charge in [-0.05, 0) is 42.0 Å². The van der Waals surface area contributed by atoms with Gasteiger partial charge >= 0.3 is 0 Å². The Morgan fingerprint density at radius 1 is 0.850 bits per heavy atom. The second kappa shape index (κ2) is 5.39. The minimum atomic E-state index is -0.335. The van der Waals surface area contributed by atoms with Crippen molar-refractivity contribution in [2.24, 2.45) is 0 Å². The quantitative estimate of drug-likeness (QED) is 0.631. The first-order valence-corrected chi connectivity index (χ1v) is 7.01. The number of carbonyl (C=O) groups is 1. The largest absolute Gasteiger partial charge is 0.288 e. The Hall–Kier alpha value is -2.26. The standard InChI is InChI=1S/C17H11FOS/c18-14-8-6-13(7-9-14)17(19)16-11-10-15(20-16)12-4-2-1-3-5-12/h1-11H. The molecule has 3 heteroatoms. The highest BCUT2D eigenvalue weighted by molar-refractivity contribution is 7.17. The first kappa shape index (κ1) is 12.8. The molecule has 1 aromatic heterocycles. The van der Waals surface area contributed by atoms with Crippen LogP contribution in [0.25, 0.3) is 10.4 Å². The van der Waals surface area contributed by atoms with Crippen molar-refractivity contribution in [3.63, 3.8) is 0 Å². The number of benzene rings is 2. The molecule has 0 aliphatic carbocycles. The van der Waals surface area contributed by atoms with Crippen molar-refractivity contribution in [3.05, 3.63) is 83.0 Å². The van der Waals surface area contributed by atoms with E-state index in [1.165, 1.54) is 35.6 Å². The molecular weight excluding hydrogens is 271 g/mol. The second-order valence-electron chi connectivity index (χ2n) is 4.37. The summed E-state index contributed by atoms with van der Waals surface area (Å²) in [6.07, 6.45) is 0. The highest BCUT2D eigenvalue weighted by Crippen LogP contribution is 2.29. The third kappa shape index (κ3) is 2.53. The van der Waals surface area contributed by atoms with Crippen LogP contribution in [0.15, 0.2) is 66.7 Å². The lowest BCUT2D eigenvalue weighted by Gasteiger charge is -1.98. The van der Waals surface area contributed by atoms with Gasteiger partial charge < -0.3 is 0 Å². The summed E-state index contributed by atoms with van der Waals surface area (Å²) in [6.45, 7) is 0. The normalized spacial score (nSPS) is 10.4. The summed E-state index contributed by atoms with van der Waals surface area (Å²) < 4.78 is 12.9. The van der Waals surface area contributed by atoms with E-state index in [1.807, 2.05) is 42.5 Å². The zero-order valence-electron chi connectivity index (χ0n) is 10.5. The molecule has 3 rings (SSSR count). The lowest BCUT2D eigenvalue weighted by Crippen LogP contribution is -1.97. The number of thiophene rings is 1. The maximum atomic E-state index is 12.9. The molecule has 1 heterocycles. The molecule has 0 saturated carbocycles. The van der Waals surface area contributed by atoms with Crippen LogP contribution in [0.2, 0.25) is 0 Å². The van der Waals surface area contributed by atoms with Crippen LogP contribution in [0.1, 0.15) is 15.2 Å². The molecule has 0 amide bonds. The second-order valence-corrected chi connectivity index (χ2v) is 5.45. The van der Waals surface area contributed by atoms with Gasteiger partial charge in [-0.2, -0.15) is 0 Å². The average Bonchev–Trinajstić information content (AvgIpc) is 2.98. The summed E-state index contributed by atoms with van der Waals surface area (Å²) in [5.74, 6) is -0.408. The lowest BCUT2D eigenvalue weighted by atomic mass is 10.1. The van der Waals surface area contributed by atoms with Gasteiger partial charge in [0.25, 0.3) is 0 Å². The molecule has 1 nitrogen and oxygen atoms in total. The molecule has 0 aliphatic rings. The zero-order valence-corrected chi connectivity index (χ0v) is 11.4. The van der Waals surface area contributed by atoms with E-state index in [0.29, 0.717) is 10.4 Å². The Labute approximate surface area is 120 Å². The monoisotopic (exact) mass is 282 g/mol. The zero-order chi connectivity index (χ0) is 13.9. The van der Waals surface area contributed by atoms with Crippen LogP contribution < -0.4 is 0 Å². The fraction of sp³-hybridized carbons (Fsp3) is 0. The molecule has 0 fully saturated rings. The number of rotatable bonds is 3. The molecule has 3 aromatic rings. The van der Waals surface area contributed by atoms with Crippen LogP contribution in [0, 0.1) is 5.82 Å². The molecule has 0 aliphatic heterocycles. The summed E-state index contributed by atoms with van der Waals surface area (Å²) >= 11 is 1.45.